The maximum atomic E-state index is 15.3. The van der Waals surface area contributed by atoms with E-state index in [4.69, 9.17) is 0 Å². The summed E-state index contributed by atoms with van der Waals surface area (Å²) in [5.41, 5.74) is 0.996. The predicted octanol–water partition coefficient (Wildman–Crippen LogP) is 4.23. The lowest BCUT2D eigenvalue weighted by molar-refractivity contribution is 0.252. The van der Waals surface area contributed by atoms with Crippen LogP contribution in [0.2, 0.25) is 0 Å². The summed E-state index contributed by atoms with van der Waals surface area (Å²) in [6, 6.07) is 3.78. The van der Waals surface area contributed by atoms with Crippen LogP contribution in [0.3, 0.4) is 0 Å². The number of urea groups is 1. The van der Waals surface area contributed by atoms with Crippen molar-refractivity contribution >= 4 is 32.7 Å². The number of nitrogens with one attached hydrogen (secondary N) is 2. The van der Waals surface area contributed by atoms with E-state index in [0.29, 0.717) is 22.4 Å². The predicted molar refractivity (Wildman–Crippen MR) is 106 cm³/mol. The minimum Gasteiger partial charge on any atom is -0.338 e. The van der Waals surface area contributed by atoms with E-state index >= 15 is 4.39 Å². The molecule has 0 aliphatic carbocycles. The molecule has 1 aromatic carbocycles. The third-order valence-corrected chi connectivity index (χ3v) is 5.05. The van der Waals surface area contributed by atoms with Crippen LogP contribution in [0.1, 0.15) is 6.92 Å². The van der Waals surface area contributed by atoms with Crippen LogP contribution in [0.25, 0.3) is 32.6 Å². The number of pyridine rings is 1. The second kappa shape index (κ2) is 7.84. The number of hydrogen-bond donors (Lipinski definition) is 2. The average molecular weight is 412 g/mol. The van der Waals surface area contributed by atoms with E-state index in [2.05, 4.69) is 30.6 Å². The van der Waals surface area contributed by atoms with Crippen LogP contribution in [0.4, 0.5) is 18.7 Å². The minimum atomic E-state index is -0.616. The molecule has 0 fully saturated rings. The van der Waals surface area contributed by atoms with Crippen molar-refractivity contribution in [2.75, 3.05) is 11.9 Å². The van der Waals surface area contributed by atoms with Gasteiger partial charge in [0.2, 0.25) is 0 Å². The number of fused-ring (bicyclic) bond motifs is 1. The van der Waals surface area contributed by atoms with Gasteiger partial charge in [-0.15, -0.1) is 0 Å². The van der Waals surface area contributed by atoms with Crippen molar-refractivity contribution in [3.63, 3.8) is 0 Å². The Morgan fingerprint density at radius 2 is 2.00 bits per heavy atom. The second-order valence-corrected chi connectivity index (χ2v) is 6.93. The van der Waals surface area contributed by atoms with E-state index in [0.717, 1.165) is 11.3 Å². The summed E-state index contributed by atoms with van der Waals surface area (Å²) in [6.45, 7) is 2.20. The summed E-state index contributed by atoms with van der Waals surface area (Å²) in [5, 5.41) is 5.33. The molecule has 4 aromatic rings. The highest BCUT2D eigenvalue weighted by atomic mass is 32.1. The van der Waals surface area contributed by atoms with Crippen molar-refractivity contribution in [3.05, 3.63) is 54.8 Å². The Morgan fingerprint density at radius 3 is 2.72 bits per heavy atom. The van der Waals surface area contributed by atoms with Crippen LogP contribution in [0.15, 0.2) is 43.1 Å². The zero-order chi connectivity index (χ0) is 20.4. The molecule has 146 valence electrons. The van der Waals surface area contributed by atoms with Gasteiger partial charge in [-0.2, -0.15) is 0 Å². The molecular weight excluding hydrogens is 398 g/mol. The summed E-state index contributed by atoms with van der Waals surface area (Å²) >= 11 is 1.04. The first-order valence-corrected chi connectivity index (χ1v) is 9.44. The summed E-state index contributed by atoms with van der Waals surface area (Å²) in [5.74, 6) is -1.17. The Kier molecular flexibility index (Phi) is 5.09. The monoisotopic (exact) mass is 412 g/mol. The molecule has 2 amide bonds. The summed E-state index contributed by atoms with van der Waals surface area (Å²) in [4.78, 5) is 28.0. The average Bonchev–Trinajstić information content (AvgIpc) is 3.14. The molecule has 0 radical (unpaired) electrons. The molecule has 29 heavy (non-hydrogen) atoms. The molecule has 0 saturated carbocycles. The molecule has 3 aromatic heterocycles. The number of anilines is 1. The van der Waals surface area contributed by atoms with E-state index in [1.807, 2.05) is 0 Å². The third-order valence-electron chi connectivity index (χ3n) is 4.05. The molecule has 0 aliphatic rings. The smallest absolute Gasteiger partial charge is 0.321 e. The highest BCUT2D eigenvalue weighted by Gasteiger charge is 2.22. The Hall–Kier alpha value is -3.53. The first-order valence-electron chi connectivity index (χ1n) is 8.62. The number of carbonyl (C=O) groups is 1. The summed E-state index contributed by atoms with van der Waals surface area (Å²) < 4.78 is 30.1. The van der Waals surface area contributed by atoms with Crippen LogP contribution in [0, 0.1) is 11.6 Å². The molecule has 10 heteroatoms. The minimum absolute atomic E-state index is 0.00297. The van der Waals surface area contributed by atoms with E-state index in [1.165, 1.54) is 43.1 Å². The zero-order valence-corrected chi connectivity index (χ0v) is 15.9. The Bertz CT molecular complexity index is 1200. The molecule has 3 heterocycles. The van der Waals surface area contributed by atoms with Crippen molar-refractivity contribution in [1.29, 1.82) is 0 Å². The number of halogens is 2. The summed E-state index contributed by atoms with van der Waals surface area (Å²) in [7, 11) is 0. The highest BCUT2D eigenvalue weighted by molar-refractivity contribution is 7.22. The summed E-state index contributed by atoms with van der Waals surface area (Å²) in [6.07, 6.45) is 5.69. The molecular formula is C19H14F2N6OS. The van der Waals surface area contributed by atoms with E-state index < -0.39 is 17.7 Å². The molecule has 0 unspecified atom stereocenters. The van der Waals surface area contributed by atoms with Gasteiger partial charge in [0.1, 0.15) is 23.4 Å². The topological polar surface area (TPSA) is 92.7 Å². The number of thiazole rings is 1. The fraction of sp³-hybridized carbons (Fsp3) is 0.105. The number of carbonyl (C=O) groups excluding carboxylic acids is 1. The van der Waals surface area contributed by atoms with Gasteiger partial charge in [-0.25, -0.2) is 28.5 Å². The second-order valence-electron chi connectivity index (χ2n) is 5.93. The van der Waals surface area contributed by atoms with Gasteiger partial charge in [-0.05, 0) is 25.1 Å². The number of rotatable bonds is 4. The van der Waals surface area contributed by atoms with E-state index in [9.17, 15) is 9.18 Å². The number of benzene rings is 1. The van der Waals surface area contributed by atoms with Crippen LogP contribution < -0.4 is 10.6 Å². The molecule has 7 nitrogen and oxygen atoms in total. The zero-order valence-electron chi connectivity index (χ0n) is 15.1. The highest BCUT2D eigenvalue weighted by Crippen LogP contribution is 2.40. The van der Waals surface area contributed by atoms with E-state index in [-0.39, 0.29) is 21.9 Å². The number of aromatic nitrogens is 4. The largest absolute Gasteiger partial charge is 0.338 e. The van der Waals surface area contributed by atoms with Gasteiger partial charge in [0, 0.05) is 41.8 Å². The van der Waals surface area contributed by atoms with Gasteiger partial charge in [0.25, 0.3) is 0 Å². The van der Waals surface area contributed by atoms with Crippen molar-refractivity contribution in [2.24, 2.45) is 0 Å². The Morgan fingerprint density at radius 1 is 1.21 bits per heavy atom. The van der Waals surface area contributed by atoms with Crippen molar-refractivity contribution in [1.82, 2.24) is 25.3 Å². The first-order chi connectivity index (χ1) is 14.1. The lowest BCUT2D eigenvalue weighted by Gasteiger charge is -2.09. The molecule has 0 saturated heterocycles. The van der Waals surface area contributed by atoms with Crippen molar-refractivity contribution < 1.29 is 13.6 Å². The molecule has 0 atom stereocenters. The number of hydrogen-bond acceptors (Lipinski definition) is 6. The van der Waals surface area contributed by atoms with Crippen LogP contribution >= 0.6 is 11.3 Å². The lowest BCUT2D eigenvalue weighted by atomic mass is 10.0. The number of nitrogens with zero attached hydrogens (tertiary/aromatic N) is 4. The lowest BCUT2D eigenvalue weighted by Crippen LogP contribution is -2.28. The van der Waals surface area contributed by atoms with Crippen molar-refractivity contribution in [2.45, 2.75) is 6.92 Å². The van der Waals surface area contributed by atoms with Gasteiger partial charge in [-0.1, -0.05) is 11.3 Å². The molecule has 0 bridgehead atoms. The number of amides is 2. The standard InChI is InChI=1S/C19H14F2N6OS/c1-2-24-18(28)27-19-26-16-14(21)11(10-7-22-9-23-8-10)6-12(17(16)29-19)15-13(20)4-3-5-25-15/h3-9H,2H2,1H3,(H2,24,26,27,28). The first kappa shape index (κ1) is 18.8. The normalized spacial score (nSPS) is 10.9. The molecule has 4 rings (SSSR count). The van der Waals surface area contributed by atoms with Crippen LogP contribution in [-0.2, 0) is 0 Å². The van der Waals surface area contributed by atoms with Crippen LogP contribution in [0.5, 0.6) is 0 Å². The maximum absolute atomic E-state index is 15.3. The van der Waals surface area contributed by atoms with Gasteiger partial charge in [-0.3, -0.25) is 10.3 Å². The molecule has 2 N–H and O–H groups in total. The fourth-order valence-corrected chi connectivity index (χ4v) is 3.79. The third kappa shape index (κ3) is 3.61. The SMILES string of the molecule is CCNC(=O)Nc1nc2c(F)c(-c3cncnc3)cc(-c3ncccc3F)c2s1. The van der Waals surface area contributed by atoms with E-state index in [1.54, 1.807) is 6.92 Å². The van der Waals surface area contributed by atoms with Crippen molar-refractivity contribution in [3.8, 4) is 22.4 Å². The van der Waals surface area contributed by atoms with Gasteiger partial charge >= 0.3 is 6.03 Å². The Balaban J connectivity index is 1.96. The molecule has 0 spiro atoms. The maximum Gasteiger partial charge on any atom is 0.321 e. The van der Waals surface area contributed by atoms with Gasteiger partial charge < -0.3 is 5.32 Å². The van der Waals surface area contributed by atoms with Crippen LogP contribution in [-0.4, -0.2) is 32.5 Å². The molecule has 0 aliphatic heterocycles. The Labute approximate surface area is 167 Å². The van der Waals surface area contributed by atoms with Gasteiger partial charge in [0.05, 0.1) is 4.70 Å². The fourth-order valence-electron chi connectivity index (χ4n) is 2.82. The quantitative estimate of drug-likeness (QED) is 0.523. The van der Waals surface area contributed by atoms with Gasteiger partial charge in [0.15, 0.2) is 10.9 Å².